The first-order valence-corrected chi connectivity index (χ1v) is 7.42. The third-order valence-corrected chi connectivity index (χ3v) is 3.98. The summed E-state index contributed by atoms with van der Waals surface area (Å²) in [5, 5.41) is 8.79. The van der Waals surface area contributed by atoms with Crippen molar-refractivity contribution in [3.63, 3.8) is 0 Å². The zero-order chi connectivity index (χ0) is 14.7. The van der Waals surface area contributed by atoms with Gasteiger partial charge in [-0.3, -0.25) is 4.79 Å². The SMILES string of the molecule is CCc1c2c(cc(Br)c1C(N)CCC(=O)O)OCCO2. The highest BCUT2D eigenvalue weighted by molar-refractivity contribution is 9.10. The van der Waals surface area contributed by atoms with Crippen LogP contribution >= 0.6 is 15.9 Å². The molecule has 1 aliphatic rings. The van der Waals surface area contributed by atoms with Crippen molar-refractivity contribution in [2.24, 2.45) is 5.73 Å². The van der Waals surface area contributed by atoms with E-state index in [1.165, 1.54) is 0 Å². The second-order valence-electron chi connectivity index (χ2n) is 4.67. The summed E-state index contributed by atoms with van der Waals surface area (Å²) in [5.41, 5.74) is 8.07. The molecule has 5 nitrogen and oxygen atoms in total. The highest BCUT2D eigenvalue weighted by Crippen LogP contribution is 2.43. The second kappa shape index (κ2) is 6.45. The monoisotopic (exact) mass is 343 g/mol. The van der Waals surface area contributed by atoms with Gasteiger partial charge < -0.3 is 20.3 Å². The summed E-state index contributed by atoms with van der Waals surface area (Å²) in [6.07, 6.45) is 1.19. The Balaban J connectivity index is 2.38. The highest BCUT2D eigenvalue weighted by atomic mass is 79.9. The lowest BCUT2D eigenvalue weighted by Gasteiger charge is -2.26. The van der Waals surface area contributed by atoms with Gasteiger partial charge in [0.1, 0.15) is 13.2 Å². The molecule has 0 radical (unpaired) electrons. The van der Waals surface area contributed by atoms with E-state index in [2.05, 4.69) is 15.9 Å². The molecule has 0 fully saturated rings. The van der Waals surface area contributed by atoms with E-state index in [4.69, 9.17) is 20.3 Å². The van der Waals surface area contributed by atoms with Crippen molar-refractivity contribution in [1.82, 2.24) is 0 Å². The predicted octanol–water partition coefficient (Wildman–Crippen LogP) is 2.65. The van der Waals surface area contributed by atoms with Gasteiger partial charge in [0.2, 0.25) is 0 Å². The zero-order valence-electron chi connectivity index (χ0n) is 11.3. The van der Waals surface area contributed by atoms with Crippen LogP contribution in [0.5, 0.6) is 11.5 Å². The smallest absolute Gasteiger partial charge is 0.303 e. The van der Waals surface area contributed by atoms with Crippen LogP contribution in [0.25, 0.3) is 0 Å². The number of carboxylic acids is 1. The maximum atomic E-state index is 10.7. The van der Waals surface area contributed by atoms with Crippen molar-refractivity contribution in [1.29, 1.82) is 0 Å². The fourth-order valence-electron chi connectivity index (χ4n) is 2.41. The highest BCUT2D eigenvalue weighted by Gasteiger charge is 2.24. The number of aliphatic carboxylic acids is 1. The molecule has 1 atom stereocenters. The van der Waals surface area contributed by atoms with Crippen molar-refractivity contribution in [2.75, 3.05) is 13.2 Å². The molecule has 0 aliphatic carbocycles. The molecule has 0 bridgehead atoms. The lowest BCUT2D eigenvalue weighted by Crippen LogP contribution is -2.20. The van der Waals surface area contributed by atoms with Gasteiger partial charge in [-0.05, 0) is 24.5 Å². The molecule has 1 unspecified atom stereocenters. The van der Waals surface area contributed by atoms with E-state index in [0.717, 1.165) is 27.8 Å². The van der Waals surface area contributed by atoms with E-state index in [1.807, 2.05) is 13.0 Å². The molecule has 3 N–H and O–H groups in total. The first-order valence-electron chi connectivity index (χ1n) is 6.62. The first-order chi connectivity index (χ1) is 9.54. The third-order valence-electron chi connectivity index (χ3n) is 3.32. The van der Waals surface area contributed by atoms with Gasteiger partial charge in [-0.2, -0.15) is 0 Å². The Kier molecular flexibility index (Phi) is 4.88. The van der Waals surface area contributed by atoms with Gasteiger partial charge in [0, 0.05) is 22.5 Å². The summed E-state index contributed by atoms with van der Waals surface area (Å²) in [5.74, 6) is 0.615. The number of nitrogens with two attached hydrogens (primary N) is 1. The molecule has 1 heterocycles. The molecule has 110 valence electrons. The number of fused-ring (bicyclic) bond motifs is 1. The fraction of sp³-hybridized carbons (Fsp3) is 0.500. The number of halogens is 1. The number of rotatable bonds is 5. The van der Waals surface area contributed by atoms with Gasteiger partial charge in [0.05, 0.1) is 0 Å². The summed E-state index contributed by atoms with van der Waals surface area (Å²) in [4.78, 5) is 10.7. The molecule has 6 heteroatoms. The Bertz CT molecular complexity index is 518. The third kappa shape index (κ3) is 3.07. The van der Waals surface area contributed by atoms with Crippen LogP contribution in [0.4, 0.5) is 0 Å². The minimum atomic E-state index is -0.841. The Morgan fingerprint density at radius 2 is 2.20 bits per heavy atom. The molecule has 0 saturated heterocycles. The lowest BCUT2D eigenvalue weighted by atomic mass is 9.94. The topological polar surface area (TPSA) is 81.8 Å². The number of benzene rings is 1. The van der Waals surface area contributed by atoms with E-state index < -0.39 is 5.97 Å². The summed E-state index contributed by atoms with van der Waals surface area (Å²) in [6.45, 7) is 3.08. The molecular formula is C14H18BrNO4. The molecule has 1 aromatic rings. The largest absolute Gasteiger partial charge is 0.486 e. The number of hydrogen-bond acceptors (Lipinski definition) is 4. The quantitative estimate of drug-likeness (QED) is 0.858. The summed E-state index contributed by atoms with van der Waals surface area (Å²) in [6, 6.07) is 1.51. The van der Waals surface area contributed by atoms with Crippen molar-refractivity contribution in [3.05, 3.63) is 21.7 Å². The summed E-state index contributed by atoms with van der Waals surface area (Å²) < 4.78 is 12.1. The van der Waals surface area contributed by atoms with Crippen molar-refractivity contribution >= 4 is 21.9 Å². The average molecular weight is 344 g/mol. The average Bonchev–Trinajstić information content (AvgIpc) is 2.43. The lowest BCUT2D eigenvalue weighted by molar-refractivity contribution is -0.137. The molecule has 0 saturated carbocycles. The second-order valence-corrected chi connectivity index (χ2v) is 5.52. The molecule has 0 aromatic heterocycles. The van der Waals surface area contributed by atoms with Gasteiger partial charge in [0.15, 0.2) is 11.5 Å². The van der Waals surface area contributed by atoms with Gasteiger partial charge >= 0.3 is 5.97 Å². The molecule has 2 rings (SSSR count). The van der Waals surface area contributed by atoms with Gasteiger partial charge in [-0.1, -0.05) is 22.9 Å². The number of hydrogen-bond donors (Lipinski definition) is 2. The van der Waals surface area contributed by atoms with E-state index >= 15 is 0 Å². The molecule has 0 amide bonds. The number of carboxylic acid groups (broad SMARTS) is 1. The Morgan fingerprint density at radius 1 is 1.50 bits per heavy atom. The minimum absolute atomic E-state index is 0.0468. The maximum absolute atomic E-state index is 10.7. The fourth-order valence-corrected chi connectivity index (χ4v) is 3.15. The molecule has 1 aromatic carbocycles. The van der Waals surface area contributed by atoms with E-state index in [1.54, 1.807) is 0 Å². The van der Waals surface area contributed by atoms with Gasteiger partial charge in [0.25, 0.3) is 0 Å². The Labute approximate surface area is 126 Å². The normalized spacial score (nSPS) is 14.9. The summed E-state index contributed by atoms with van der Waals surface area (Å²) >= 11 is 3.51. The minimum Gasteiger partial charge on any atom is -0.486 e. The van der Waals surface area contributed by atoms with Crippen molar-refractivity contribution < 1.29 is 19.4 Å². The van der Waals surface area contributed by atoms with Gasteiger partial charge in [-0.15, -0.1) is 0 Å². The van der Waals surface area contributed by atoms with Crippen LogP contribution in [0.15, 0.2) is 10.5 Å². The Morgan fingerprint density at radius 3 is 2.85 bits per heavy atom. The molecular weight excluding hydrogens is 326 g/mol. The first kappa shape index (κ1) is 15.1. The molecule has 0 spiro atoms. The van der Waals surface area contributed by atoms with Crippen LogP contribution in [0.3, 0.4) is 0 Å². The molecule has 20 heavy (non-hydrogen) atoms. The summed E-state index contributed by atoms with van der Waals surface area (Å²) in [7, 11) is 0. The van der Waals surface area contributed by atoms with Crippen LogP contribution in [0, 0.1) is 0 Å². The molecule has 1 aliphatic heterocycles. The van der Waals surface area contributed by atoms with E-state index in [-0.39, 0.29) is 12.5 Å². The van der Waals surface area contributed by atoms with Crippen LogP contribution in [-0.4, -0.2) is 24.3 Å². The van der Waals surface area contributed by atoms with Crippen LogP contribution in [-0.2, 0) is 11.2 Å². The maximum Gasteiger partial charge on any atom is 0.303 e. The van der Waals surface area contributed by atoms with E-state index in [0.29, 0.717) is 25.4 Å². The number of carbonyl (C=O) groups is 1. The van der Waals surface area contributed by atoms with Crippen LogP contribution < -0.4 is 15.2 Å². The van der Waals surface area contributed by atoms with E-state index in [9.17, 15) is 4.79 Å². The predicted molar refractivity (Wildman–Crippen MR) is 78.3 cm³/mol. The van der Waals surface area contributed by atoms with Crippen molar-refractivity contribution in [2.45, 2.75) is 32.2 Å². The number of ether oxygens (including phenoxy) is 2. The van der Waals surface area contributed by atoms with Crippen LogP contribution in [0.2, 0.25) is 0 Å². The zero-order valence-corrected chi connectivity index (χ0v) is 12.9. The van der Waals surface area contributed by atoms with Gasteiger partial charge in [-0.25, -0.2) is 0 Å². The Hall–Kier alpha value is -1.27. The van der Waals surface area contributed by atoms with Crippen LogP contribution in [0.1, 0.15) is 36.9 Å². The standard InChI is InChI=1S/C14H18BrNO4/c1-2-8-13(10(16)3-4-12(17)18)9(15)7-11-14(8)20-6-5-19-11/h7,10H,2-6,16H2,1H3,(H,17,18). The van der Waals surface area contributed by atoms with Crippen molar-refractivity contribution in [3.8, 4) is 11.5 Å².